The third kappa shape index (κ3) is 3.02. The predicted octanol–water partition coefficient (Wildman–Crippen LogP) is 4.66. The van der Waals surface area contributed by atoms with Gasteiger partial charge in [-0.05, 0) is 31.2 Å². The Kier molecular flexibility index (Phi) is 4.49. The molecule has 2 aromatic carbocycles. The van der Waals surface area contributed by atoms with Gasteiger partial charge >= 0.3 is 5.97 Å². The lowest BCUT2D eigenvalue weighted by Crippen LogP contribution is -2.05. The Morgan fingerprint density at radius 1 is 1.11 bits per heavy atom. The Morgan fingerprint density at radius 3 is 2.70 bits per heavy atom. The molecule has 0 fully saturated rings. The number of ether oxygens (including phenoxy) is 1. The van der Waals surface area contributed by atoms with Crippen molar-refractivity contribution in [3.8, 4) is 0 Å². The van der Waals surface area contributed by atoms with E-state index in [1.54, 1.807) is 41.9 Å². The van der Waals surface area contributed by atoms with Gasteiger partial charge in [0, 0.05) is 15.4 Å². The molecule has 0 N–H and O–H groups in total. The lowest BCUT2D eigenvalue weighted by Gasteiger charge is -2.06. The molecule has 0 bridgehead atoms. The number of para-hydroxylation sites is 1. The summed E-state index contributed by atoms with van der Waals surface area (Å²) < 4.78 is 7.68. The van der Waals surface area contributed by atoms with E-state index in [0.717, 1.165) is 15.4 Å². The molecule has 0 unspecified atom stereocenters. The molecule has 0 aliphatic carbocycles. The first-order valence-electron chi connectivity index (χ1n) is 8.46. The van der Waals surface area contributed by atoms with E-state index >= 15 is 0 Å². The molecule has 4 rings (SSSR count). The molecular formula is C21H15BrN2O3. The minimum Gasteiger partial charge on any atom is -0.462 e. The number of aromatic nitrogens is 2. The highest BCUT2D eigenvalue weighted by Gasteiger charge is 2.23. The van der Waals surface area contributed by atoms with Crippen LogP contribution in [0, 0.1) is 0 Å². The zero-order valence-electron chi connectivity index (χ0n) is 14.5. The van der Waals surface area contributed by atoms with Crippen LogP contribution in [-0.2, 0) is 4.74 Å². The number of hydrogen-bond donors (Lipinski definition) is 0. The van der Waals surface area contributed by atoms with Gasteiger partial charge in [-0.25, -0.2) is 9.78 Å². The van der Waals surface area contributed by atoms with Crippen LogP contribution in [0.25, 0.3) is 16.4 Å². The molecule has 134 valence electrons. The van der Waals surface area contributed by atoms with E-state index in [4.69, 9.17) is 4.74 Å². The number of ketones is 1. The van der Waals surface area contributed by atoms with Gasteiger partial charge in [0.25, 0.3) is 0 Å². The zero-order chi connectivity index (χ0) is 19.0. The summed E-state index contributed by atoms with van der Waals surface area (Å²) in [5.41, 5.74) is 2.61. The number of carbonyl (C=O) groups is 2. The molecule has 0 aliphatic rings. The molecule has 0 spiro atoms. The molecule has 2 heterocycles. The number of rotatable bonds is 4. The van der Waals surface area contributed by atoms with Gasteiger partial charge in [0.15, 0.2) is 0 Å². The van der Waals surface area contributed by atoms with Crippen LogP contribution in [0.4, 0.5) is 0 Å². The lowest BCUT2D eigenvalue weighted by molar-refractivity contribution is 0.0529. The van der Waals surface area contributed by atoms with Crippen molar-refractivity contribution < 1.29 is 14.3 Å². The van der Waals surface area contributed by atoms with Crippen molar-refractivity contribution in [2.45, 2.75) is 6.92 Å². The smallest absolute Gasteiger partial charge is 0.340 e. The Balaban J connectivity index is 2.00. The SMILES string of the molecule is CCOC(=O)c1cc(C(=O)c2cccc(Br)c2)n2cnc3ccccc3c12. The van der Waals surface area contributed by atoms with Gasteiger partial charge in [-0.1, -0.05) is 46.3 Å². The van der Waals surface area contributed by atoms with Gasteiger partial charge < -0.3 is 4.74 Å². The summed E-state index contributed by atoms with van der Waals surface area (Å²) >= 11 is 3.39. The number of hydrogen-bond acceptors (Lipinski definition) is 4. The van der Waals surface area contributed by atoms with Crippen molar-refractivity contribution in [2.24, 2.45) is 0 Å². The van der Waals surface area contributed by atoms with Crippen LogP contribution in [-0.4, -0.2) is 27.7 Å². The van der Waals surface area contributed by atoms with Gasteiger partial charge in [-0.3, -0.25) is 9.20 Å². The fourth-order valence-corrected chi connectivity index (χ4v) is 3.54. The van der Waals surface area contributed by atoms with E-state index in [2.05, 4.69) is 20.9 Å². The van der Waals surface area contributed by atoms with Crippen LogP contribution >= 0.6 is 15.9 Å². The van der Waals surface area contributed by atoms with E-state index in [-0.39, 0.29) is 12.4 Å². The fraction of sp³-hybridized carbons (Fsp3) is 0.0952. The highest BCUT2D eigenvalue weighted by Crippen LogP contribution is 2.27. The topological polar surface area (TPSA) is 60.7 Å². The first-order valence-corrected chi connectivity index (χ1v) is 9.25. The van der Waals surface area contributed by atoms with E-state index in [0.29, 0.717) is 22.3 Å². The monoisotopic (exact) mass is 422 g/mol. The van der Waals surface area contributed by atoms with Gasteiger partial charge in [-0.15, -0.1) is 0 Å². The van der Waals surface area contributed by atoms with Crippen LogP contribution in [0.1, 0.15) is 33.3 Å². The predicted molar refractivity (Wildman–Crippen MR) is 106 cm³/mol. The average molecular weight is 423 g/mol. The van der Waals surface area contributed by atoms with Crippen LogP contribution in [0.5, 0.6) is 0 Å². The molecule has 0 aliphatic heterocycles. The first-order chi connectivity index (χ1) is 13.1. The van der Waals surface area contributed by atoms with Crippen molar-refractivity contribution >= 4 is 44.1 Å². The van der Waals surface area contributed by atoms with Gasteiger partial charge in [-0.2, -0.15) is 0 Å². The number of benzene rings is 2. The Bertz CT molecular complexity index is 1200. The number of halogens is 1. The van der Waals surface area contributed by atoms with Gasteiger partial charge in [0.05, 0.1) is 28.9 Å². The quantitative estimate of drug-likeness (QED) is 0.354. The Labute approximate surface area is 163 Å². The summed E-state index contributed by atoms with van der Waals surface area (Å²) in [6, 6.07) is 16.2. The minimum atomic E-state index is -0.459. The minimum absolute atomic E-state index is 0.195. The number of esters is 1. The largest absolute Gasteiger partial charge is 0.462 e. The van der Waals surface area contributed by atoms with E-state index in [1.165, 1.54) is 0 Å². The normalized spacial score (nSPS) is 11.0. The number of fused-ring (bicyclic) bond motifs is 3. The summed E-state index contributed by atoms with van der Waals surface area (Å²) in [5, 5.41) is 0.788. The van der Waals surface area contributed by atoms with Crippen molar-refractivity contribution in [1.82, 2.24) is 9.38 Å². The first kappa shape index (κ1) is 17.4. The molecule has 0 amide bonds. The maximum absolute atomic E-state index is 13.1. The van der Waals surface area contributed by atoms with Crippen LogP contribution < -0.4 is 0 Å². The summed E-state index contributed by atoms with van der Waals surface area (Å²) in [5.74, 6) is -0.654. The highest BCUT2D eigenvalue weighted by molar-refractivity contribution is 9.10. The summed E-state index contributed by atoms with van der Waals surface area (Å²) in [6.45, 7) is 2.01. The molecule has 27 heavy (non-hydrogen) atoms. The van der Waals surface area contributed by atoms with Crippen molar-refractivity contribution in [3.63, 3.8) is 0 Å². The number of nitrogens with zero attached hydrogens (tertiary/aromatic N) is 2. The van der Waals surface area contributed by atoms with E-state index in [1.807, 2.05) is 30.3 Å². The second-order valence-corrected chi connectivity index (χ2v) is 6.90. The Morgan fingerprint density at radius 2 is 1.93 bits per heavy atom. The van der Waals surface area contributed by atoms with Crippen LogP contribution in [0.2, 0.25) is 0 Å². The molecule has 0 saturated heterocycles. The Hall–Kier alpha value is -2.99. The molecule has 0 atom stereocenters. The average Bonchev–Trinajstić information content (AvgIpc) is 3.08. The third-order valence-corrected chi connectivity index (χ3v) is 4.82. The van der Waals surface area contributed by atoms with E-state index in [9.17, 15) is 9.59 Å². The van der Waals surface area contributed by atoms with Crippen molar-refractivity contribution in [3.05, 3.63) is 82.2 Å². The molecule has 6 heteroatoms. The van der Waals surface area contributed by atoms with Crippen molar-refractivity contribution in [2.75, 3.05) is 6.61 Å². The summed E-state index contributed by atoms with van der Waals surface area (Å²) in [7, 11) is 0. The van der Waals surface area contributed by atoms with E-state index < -0.39 is 5.97 Å². The zero-order valence-corrected chi connectivity index (χ0v) is 16.1. The standard InChI is InChI=1S/C21H15BrN2O3/c1-2-27-21(26)16-11-18(20(25)13-6-5-7-14(22)10-13)24-12-23-17-9-4-3-8-15(17)19(16)24/h3-12H,2H2,1H3. The lowest BCUT2D eigenvalue weighted by atomic mass is 10.1. The molecule has 0 radical (unpaired) electrons. The number of carbonyl (C=O) groups excluding carboxylic acids is 2. The third-order valence-electron chi connectivity index (χ3n) is 4.32. The van der Waals surface area contributed by atoms with Gasteiger partial charge in [0.2, 0.25) is 5.78 Å². The summed E-state index contributed by atoms with van der Waals surface area (Å²) in [6.07, 6.45) is 1.58. The van der Waals surface area contributed by atoms with Crippen LogP contribution in [0.3, 0.4) is 0 Å². The second kappa shape index (κ2) is 6.96. The molecule has 0 saturated carbocycles. The molecule has 5 nitrogen and oxygen atoms in total. The second-order valence-electron chi connectivity index (χ2n) is 5.98. The summed E-state index contributed by atoms with van der Waals surface area (Å²) in [4.78, 5) is 30.1. The molecule has 2 aromatic heterocycles. The fourth-order valence-electron chi connectivity index (χ4n) is 3.14. The molecular weight excluding hydrogens is 408 g/mol. The molecule has 4 aromatic rings. The maximum atomic E-state index is 13.1. The maximum Gasteiger partial charge on any atom is 0.340 e. The van der Waals surface area contributed by atoms with Crippen molar-refractivity contribution in [1.29, 1.82) is 0 Å². The van der Waals surface area contributed by atoms with Gasteiger partial charge in [0.1, 0.15) is 6.33 Å². The highest BCUT2D eigenvalue weighted by atomic mass is 79.9. The van der Waals surface area contributed by atoms with Crippen LogP contribution in [0.15, 0.2) is 65.4 Å².